The van der Waals surface area contributed by atoms with Crippen LogP contribution in [0.25, 0.3) is 0 Å². The lowest BCUT2D eigenvalue weighted by molar-refractivity contribution is -0.138. The summed E-state index contributed by atoms with van der Waals surface area (Å²) in [6, 6.07) is 25.2. The molecule has 5 rings (SSSR count). The molecule has 2 saturated heterocycles. The van der Waals surface area contributed by atoms with Crippen LogP contribution in [0.5, 0.6) is 0 Å². The second kappa shape index (κ2) is 12.7. The number of carboxylic acids is 1. The number of carboxylic acid groups (broad SMARTS) is 1. The summed E-state index contributed by atoms with van der Waals surface area (Å²) in [5.74, 6) is -0.569. The van der Waals surface area contributed by atoms with Crippen molar-refractivity contribution in [1.82, 2.24) is 9.80 Å². The first kappa shape index (κ1) is 27.9. The van der Waals surface area contributed by atoms with Crippen molar-refractivity contribution in [3.63, 3.8) is 0 Å². The fraction of sp³-hybridized carbons (Fsp3) is 0.344. The van der Waals surface area contributed by atoms with E-state index in [4.69, 9.17) is 0 Å². The molecule has 0 aromatic heterocycles. The average molecular weight is 605 g/mol. The van der Waals surface area contributed by atoms with Gasteiger partial charge in [0.1, 0.15) is 0 Å². The Morgan fingerprint density at radius 2 is 1.52 bits per heavy atom. The summed E-state index contributed by atoms with van der Waals surface area (Å²) in [6.07, 6.45) is 2.93. The number of aliphatic carboxylic acids is 1. The molecule has 7 nitrogen and oxygen atoms in total. The molecule has 0 spiro atoms. The third-order valence-electron chi connectivity index (χ3n) is 7.90. The van der Waals surface area contributed by atoms with E-state index in [1.165, 1.54) is 5.56 Å². The lowest BCUT2D eigenvalue weighted by Gasteiger charge is -2.40. The highest BCUT2D eigenvalue weighted by atomic mass is 79.9. The van der Waals surface area contributed by atoms with E-state index < -0.39 is 5.97 Å². The van der Waals surface area contributed by atoms with E-state index in [0.717, 1.165) is 35.0 Å². The standard InChI is InChI=1S/C32H34BrN3O4/c33-27-10-12-28(13-11-27)36-21-25(19-30(37)38)20-35(32(36)40)22-26-8-4-5-9-29(26)31(39)34-16-14-24(15-17-34)18-23-6-2-1-3-7-23/h1-13,24-25H,14-22H2,(H,37,38). The summed E-state index contributed by atoms with van der Waals surface area (Å²) < 4.78 is 0.899. The number of piperidine rings is 1. The molecule has 8 heteroatoms. The fourth-order valence-corrected chi connectivity index (χ4v) is 6.09. The van der Waals surface area contributed by atoms with Crippen LogP contribution in [0.1, 0.15) is 40.7 Å². The van der Waals surface area contributed by atoms with Crippen molar-refractivity contribution in [2.45, 2.75) is 32.2 Å². The number of urea groups is 1. The maximum atomic E-state index is 13.7. The molecule has 2 heterocycles. The van der Waals surface area contributed by atoms with E-state index in [1.807, 2.05) is 59.5 Å². The minimum absolute atomic E-state index is 0.00919. The first-order chi connectivity index (χ1) is 19.4. The van der Waals surface area contributed by atoms with Gasteiger partial charge in [-0.25, -0.2) is 4.79 Å². The van der Waals surface area contributed by atoms with Gasteiger partial charge in [-0.1, -0.05) is 64.5 Å². The Balaban J connectivity index is 1.29. The molecule has 2 fully saturated rings. The zero-order valence-corrected chi connectivity index (χ0v) is 24.0. The number of nitrogens with zero attached hydrogens (tertiary/aromatic N) is 3. The Morgan fingerprint density at radius 3 is 2.23 bits per heavy atom. The van der Waals surface area contributed by atoms with Gasteiger partial charge in [0.2, 0.25) is 0 Å². The Labute approximate surface area is 243 Å². The molecule has 1 unspecified atom stereocenters. The highest BCUT2D eigenvalue weighted by molar-refractivity contribution is 9.10. The number of rotatable bonds is 8. The van der Waals surface area contributed by atoms with E-state index in [2.05, 4.69) is 40.2 Å². The second-order valence-corrected chi connectivity index (χ2v) is 11.7. The van der Waals surface area contributed by atoms with Crippen LogP contribution in [0.3, 0.4) is 0 Å². The van der Waals surface area contributed by atoms with Crippen molar-refractivity contribution >= 4 is 39.5 Å². The largest absolute Gasteiger partial charge is 0.481 e. The van der Waals surface area contributed by atoms with Gasteiger partial charge in [-0.2, -0.15) is 0 Å². The normalized spacial score (nSPS) is 18.2. The molecule has 40 heavy (non-hydrogen) atoms. The van der Waals surface area contributed by atoms with E-state index in [-0.39, 0.29) is 30.8 Å². The van der Waals surface area contributed by atoms with Crippen LogP contribution in [-0.2, 0) is 17.8 Å². The molecule has 1 N–H and O–H groups in total. The zero-order chi connectivity index (χ0) is 28.1. The van der Waals surface area contributed by atoms with Gasteiger partial charge in [0.15, 0.2) is 0 Å². The predicted octanol–water partition coefficient (Wildman–Crippen LogP) is 6.08. The Morgan fingerprint density at radius 1 is 0.850 bits per heavy atom. The number of benzene rings is 3. The van der Waals surface area contributed by atoms with Gasteiger partial charge in [-0.05, 0) is 66.6 Å². The van der Waals surface area contributed by atoms with Gasteiger partial charge in [0.05, 0.1) is 6.42 Å². The van der Waals surface area contributed by atoms with Gasteiger partial charge >= 0.3 is 12.0 Å². The quantitative estimate of drug-likeness (QED) is 0.338. The van der Waals surface area contributed by atoms with Crippen LogP contribution in [0.15, 0.2) is 83.3 Å². The molecule has 208 valence electrons. The van der Waals surface area contributed by atoms with E-state index in [9.17, 15) is 19.5 Å². The highest BCUT2D eigenvalue weighted by Gasteiger charge is 2.34. The first-order valence-electron chi connectivity index (χ1n) is 13.8. The summed E-state index contributed by atoms with van der Waals surface area (Å²) >= 11 is 3.43. The van der Waals surface area contributed by atoms with Crippen LogP contribution >= 0.6 is 15.9 Å². The molecule has 3 aromatic rings. The van der Waals surface area contributed by atoms with Crippen molar-refractivity contribution in [2.75, 3.05) is 31.1 Å². The van der Waals surface area contributed by atoms with Crippen molar-refractivity contribution in [1.29, 1.82) is 0 Å². The van der Waals surface area contributed by atoms with Crippen molar-refractivity contribution in [3.05, 3.63) is 100 Å². The SMILES string of the molecule is O=C(O)CC1CN(Cc2ccccc2C(=O)N2CCC(Cc3ccccc3)CC2)C(=O)N(c2ccc(Br)cc2)C1. The van der Waals surface area contributed by atoms with Crippen molar-refractivity contribution in [2.24, 2.45) is 11.8 Å². The Bertz CT molecular complexity index is 1340. The second-order valence-electron chi connectivity index (χ2n) is 10.8. The van der Waals surface area contributed by atoms with Gasteiger partial charge in [-0.15, -0.1) is 0 Å². The number of carbonyl (C=O) groups excluding carboxylic acids is 2. The number of hydrogen-bond acceptors (Lipinski definition) is 3. The molecule has 3 amide bonds. The first-order valence-corrected chi connectivity index (χ1v) is 14.6. The van der Waals surface area contributed by atoms with Gasteiger partial charge in [0, 0.05) is 54.4 Å². The number of hydrogen-bond donors (Lipinski definition) is 1. The van der Waals surface area contributed by atoms with Crippen LogP contribution in [-0.4, -0.2) is 59.0 Å². The monoisotopic (exact) mass is 603 g/mol. The van der Waals surface area contributed by atoms with Gasteiger partial charge in [0.25, 0.3) is 5.91 Å². The topological polar surface area (TPSA) is 81.2 Å². The smallest absolute Gasteiger partial charge is 0.324 e. The number of amides is 3. The van der Waals surface area contributed by atoms with Gasteiger partial charge in [-0.3, -0.25) is 14.5 Å². The maximum absolute atomic E-state index is 13.7. The van der Waals surface area contributed by atoms with Crippen molar-refractivity contribution in [3.8, 4) is 0 Å². The Hall–Kier alpha value is -3.65. The summed E-state index contributed by atoms with van der Waals surface area (Å²) in [5, 5.41) is 9.48. The van der Waals surface area contributed by atoms with Crippen LogP contribution in [0.4, 0.5) is 10.5 Å². The summed E-state index contributed by atoms with van der Waals surface area (Å²) in [5.41, 5.74) is 3.43. The molecular weight excluding hydrogens is 570 g/mol. The zero-order valence-electron chi connectivity index (χ0n) is 22.4. The molecule has 0 bridgehead atoms. The number of anilines is 1. The van der Waals surface area contributed by atoms with E-state index in [1.54, 1.807) is 9.80 Å². The van der Waals surface area contributed by atoms with Crippen molar-refractivity contribution < 1.29 is 19.5 Å². The summed E-state index contributed by atoms with van der Waals surface area (Å²) in [6.45, 7) is 2.33. The number of likely N-dealkylation sites (tertiary alicyclic amines) is 1. The molecule has 0 saturated carbocycles. The highest BCUT2D eigenvalue weighted by Crippen LogP contribution is 2.28. The van der Waals surface area contributed by atoms with Gasteiger partial charge < -0.3 is 14.9 Å². The van der Waals surface area contributed by atoms with E-state index >= 15 is 0 Å². The third-order valence-corrected chi connectivity index (χ3v) is 8.43. The number of carbonyl (C=O) groups is 3. The molecular formula is C32H34BrN3O4. The average Bonchev–Trinajstić information content (AvgIpc) is 2.96. The lowest BCUT2D eigenvalue weighted by atomic mass is 9.90. The fourth-order valence-electron chi connectivity index (χ4n) is 5.83. The Kier molecular flexibility index (Phi) is 8.85. The number of halogens is 1. The molecule has 0 aliphatic carbocycles. The predicted molar refractivity (Wildman–Crippen MR) is 158 cm³/mol. The molecule has 3 aromatic carbocycles. The summed E-state index contributed by atoms with van der Waals surface area (Å²) in [4.78, 5) is 44.1. The van der Waals surface area contributed by atoms with Crippen LogP contribution < -0.4 is 4.90 Å². The minimum atomic E-state index is -0.888. The molecule has 2 aliphatic rings. The molecule has 0 radical (unpaired) electrons. The molecule has 2 aliphatic heterocycles. The minimum Gasteiger partial charge on any atom is -0.481 e. The van der Waals surface area contributed by atoms with E-state index in [0.29, 0.717) is 37.7 Å². The van der Waals surface area contributed by atoms with Crippen LogP contribution in [0.2, 0.25) is 0 Å². The van der Waals surface area contributed by atoms with Crippen LogP contribution in [0, 0.1) is 11.8 Å². The summed E-state index contributed by atoms with van der Waals surface area (Å²) in [7, 11) is 0. The third kappa shape index (κ3) is 6.73. The lowest BCUT2D eigenvalue weighted by Crippen LogP contribution is -2.53. The maximum Gasteiger partial charge on any atom is 0.324 e. The molecule has 1 atom stereocenters.